The average molecular weight is 203 g/mol. The van der Waals surface area contributed by atoms with Gasteiger partial charge in [-0.2, -0.15) is 0 Å². The van der Waals surface area contributed by atoms with Gasteiger partial charge in [0.1, 0.15) is 0 Å². The largest absolute Gasteiger partial charge is 1.00 e. The Kier molecular flexibility index (Phi) is 8.07. The van der Waals surface area contributed by atoms with Gasteiger partial charge in [-0.05, 0) is 4.89 Å². The van der Waals surface area contributed by atoms with E-state index in [4.69, 9.17) is 0 Å². The second-order valence-corrected chi connectivity index (χ2v) is 3.48. The molecule has 0 amide bonds. The second-order valence-electron chi connectivity index (χ2n) is 1.75. The van der Waals surface area contributed by atoms with E-state index in [0.717, 1.165) is 6.92 Å². The summed E-state index contributed by atoms with van der Waals surface area (Å²) in [7, 11) is -3.54. The zero-order valence-electron chi connectivity index (χ0n) is 8.03. The summed E-state index contributed by atoms with van der Waals surface area (Å²) < 4.78 is 21.4. The summed E-state index contributed by atoms with van der Waals surface area (Å²) in [5.74, 6) is -0.988. The molecule has 0 unspecified atom stereocenters. The van der Waals surface area contributed by atoms with Gasteiger partial charge in [0, 0.05) is 6.92 Å². The number of hydrogen-bond donors (Lipinski definition) is 1. The molecule has 0 saturated carbocycles. The maximum atomic E-state index is 10.7. The zero-order chi connectivity index (χ0) is 8.91. The molecule has 0 rings (SSSR count). The summed E-state index contributed by atoms with van der Waals surface area (Å²) in [6, 6.07) is 0. The molecule has 0 aromatic heterocycles. The van der Waals surface area contributed by atoms with Gasteiger partial charge in [0.15, 0.2) is 0 Å². The van der Waals surface area contributed by atoms with Crippen molar-refractivity contribution in [1.82, 2.24) is 4.89 Å². The van der Waals surface area contributed by atoms with Crippen LogP contribution in [0.5, 0.6) is 0 Å². The van der Waals surface area contributed by atoms with Crippen molar-refractivity contribution < 1.29 is 49.0 Å². The van der Waals surface area contributed by atoms with Crippen LogP contribution in [0.1, 0.15) is 8.35 Å². The van der Waals surface area contributed by atoms with Crippen molar-refractivity contribution in [2.24, 2.45) is 0 Å². The Balaban J connectivity index is -0.000000500. The Morgan fingerprint density at radius 2 is 2.25 bits per heavy atom. The van der Waals surface area contributed by atoms with E-state index in [2.05, 4.69) is 11.4 Å². The molecule has 0 heterocycles. The average Bonchev–Trinajstić information content (AvgIpc) is 1.84. The summed E-state index contributed by atoms with van der Waals surface area (Å²) in [5.41, 5.74) is 0. The third-order valence-corrected chi connectivity index (χ3v) is 1.66. The molecule has 0 aliphatic carbocycles. The minimum atomic E-state index is -3.54. The van der Waals surface area contributed by atoms with Crippen LogP contribution in [0, 0.1) is 0 Å². The van der Waals surface area contributed by atoms with Crippen LogP contribution in [0.4, 0.5) is 0 Å². The van der Waals surface area contributed by atoms with Crippen LogP contribution >= 0.6 is 0 Å². The maximum absolute atomic E-state index is 10.7. The Morgan fingerprint density at radius 3 is 2.58 bits per heavy atom. The molecule has 0 aromatic carbocycles. The number of sulfonamides is 1. The Morgan fingerprint density at radius 1 is 1.75 bits per heavy atom. The van der Waals surface area contributed by atoms with E-state index < -0.39 is 16.0 Å². The molecule has 66 valence electrons. The number of carbonyl (C=O) groups is 1. The van der Waals surface area contributed by atoms with Crippen LogP contribution in [0.25, 0.3) is 0 Å². The quantitative estimate of drug-likeness (QED) is 0.295. The number of carbonyl (C=O) groups excluding carboxylic acids is 1. The van der Waals surface area contributed by atoms with E-state index in [1.54, 1.807) is 4.89 Å². The standard InChI is InChI=1S/C5H9NO4S.Na.H/c1-3-4-11(8,9)6-10-5(2)7;;/h3,6H,1,4H2,2H3;;/q;+1;-1. The van der Waals surface area contributed by atoms with Gasteiger partial charge in [0.2, 0.25) is 10.0 Å². The first kappa shape index (κ1) is 14.6. The van der Waals surface area contributed by atoms with Crippen LogP contribution in [0.15, 0.2) is 12.7 Å². The molecule has 0 aliphatic heterocycles. The summed E-state index contributed by atoms with van der Waals surface area (Å²) in [5, 5.41) is 0. The minimum absolute atomic E-state index is 0. The summed E-state index contributed by atoms with van der Waals surface area (Å²) in [6.07, 6.45) is 1.19. The number of rotatable bonds is 4. The molecular formula is C5H10NNaO4S. The minimum Gasteiger partial charge on any atom is -1.00 e. The first-order valence-corrected chi connectivity index (χ1v) is 4.41. The van der Waals surface area contributed by atoms with Crippen LogP contribution in [0.3, 0.4) is 0 Å². The normalized spacial score (nSPS) is 9.75. The second kappa shape index (κ2) is 6.62. The van der Waals surface area contributed by atoms with Gasteiger partial charge in [0.25, 0.3) is 0 Å². The third kappa shape index (κ3) is 8.22. The van der Waals surface area contributed by atoms with Gasteiger partial charge in [-0.15, -0.1) is 6.58 Å². The van der Waals surface area contributed by atoms with Gasteiger partial charge in [-0.3, -0.25) is 4.79 Å². The zero-order valence-corrected chi connectivity index (χ0v) is 9.85. The van der Waals surface area contributed by atoms with Gasteiger partial charge in [-0.1, -0.05) is 6.08 Å². The van der Waals surface area contributed by atoms with Crippen molar-refractivity contribution in [3.05, 3.63) is 12.7 Å². The summed E-state index contributed by atoms with van der Waals surface area (Å²) >= 11 is 0. The van der Waals surface area contributed by atoms with Crippen LogP contribution in [0.2, 0.25) is 0 Å². The molecule has 0 saturated heterocycles. The van der Waals surface area contributed by atoms with Crippen molar-refractivity contribution in [2.75, 3.05) is 5.75 Å². The predicted molar refractivity (Wildman–Crippen MR) is 40.0 cm³/mol. The van der Waals surface area contributed by atoms with Gasteiger partial charge in [-0.25, -0.2) is 8.42 Å². The first-order chi connectivity index (χ1) is 4.98. The van der Waals surface area contributed by atoms with Crippen molar-refractivity contribution in [2.45, 2.75) is 6.92 Å². The van der Waals surface area contributed by atoms with Crippen molar-refractivity contribution in [3.63, 3.8) is 0 Å². The van der Waals surface area contributed by atoms with Gasteiger partial charge in [0.05, 0.1) is 5.75 Å². The summed E-state index contributed by atoms with van der Waals surface area (Å²) in [6.45, 7) is 4.31. The van der Waals surface area contributed by atoms with E-state index in [1.807, 2.05) is 0 Å². The number of nitrogens with one attached hydrogen (secondary N) is 1. The molecule has 0 radical (unpaired) electrons. The van der Waals surface area contributed by atoms with Crippen molar-refractivity contribution >= 4 is 16.0 Å². The molecule has 0 aromatic rings. The van der Waals surface area contributed by atoms with E-state index in [1.165, 1.54) is 6.08 Å². The molecule has 12 heavy (non-hydrogen) atoms. The molecular weight excluding hydrogens is 193 g/mol. The van der Waals surface area contributed by atoms with Crippen LogP contribution in [-0.4, -0.2) is 20.1 Å². The van der Waals surface area contributed by atoms with E-state index in [0.29, 0.717) is 0 Å². The fourth-order valence-electron chi connectivity index (χ4n) is 0.311. The maximum Gasteiger partial charge on any atom is 1.00 e. The Bertz CT molecular complexity index is 253. The third-order valence-electron chi connectivity index (χ3n) is 0.650. The van der Waals surface area contributed by atoms with Gasteiger partial charge >= 0.3 is 35.5 Å². The number of hydrogen-bond acceptors (Lipinski definition) is 4. The van der Waals surface area contributed by atoms with E-state index in [-0.39, 0.29) is 36.7 Å². The van der Waals surface area contributed by atoms with Crippen molar-refractivity contribution in [3.8, 4) is 0 Å². The van der Waals surface area contributed by atoms with Crippen LogP contribution in [-0.2, 0) is 19.7 Å². The smallest absolute Gasteiger partial charge is 1.00 e. The molecule has 0 fully saturated rings. The predicted octanol–water partition coefficient (Wildman–Crippen LogP) is -3.31. The topological polar surface area (TPSA) is 72.5 Å². The monoisotopic (exact) mass is 203 g/mol. The fraction of sp³-hybridized carbons (Fsp3) is 0.400. The molecule has 0 aliphatic rings. The molecule has 5 nitrogen and oxygen atoms in total. The Hall–Kier alpha value is 0.120. The van der Waals surface area contributed by atoms with E-state index >= 15 is 0 Å². The molecule has 0 spiro atoms. The first-order valence-electron chi connectivity index (χ1n) is 2.76. The van der Waals surface area contributed by atoms with E-state index in [9.17, 15) is 13.2 Å². The molecule has 7 heteroatoms. The SMILES string of the molecule is C=CCS(=O)(=O)NOC(C)=O.[H-].[Na+]. The van der Waals surface area contributed by atoms with Crippen molar-refractivity contribution in [1.29, 1.82) is 0 Å². The molecule has 0 atom stereocenters. The molecule has 1 N–H and O–H groups in total. The fourth-order valence-corrected chi connectivity index (χ4v) is 0.934. The summed E-state index contributed by atoms with van der Waals surface area (Å²) in [4.78, 5) is 15.8. The Labute approximate surface area is 94.9 Å². The molecule has 0 bridgehead atoms. The van der Waals surface area contributed by atoms with Crippen LogP contribution < -0.4 is 34.4 Å². The van der Waals surface area contributed by atoms with Gasteiger partial charge < -0.3 is 6.26 Å².